The van der Waals surface area contributed by atoms with E-state index in [1.54, 1.807) is 11.8 Å². The number of carbonyl (C=O) groups excluding carboxylic acids is 1. The fourth-order valence-electron chi connectivity index (χ4n) is 3.18. The van der Waals surface area contributed by atoms with Crippen LogP contribution in [0, 0.1) is 0 Å². The minimum Gasteiger partial charge on any atom is -0.460 e. The molecule has 1 heterocycles. The van der Waals surface area contributed by atoms with Crippen molar-refractivity contribution in [3.8, 4) is 0 Å². The second-order valence-corrected chi connectivity index (χ2v) is 6.92. The van der Waals surface area contributed by atoms with Gasteiger partial charge in [0.1, 0.15) is 0 Å². The summed E-state index contributed by atoms with van der Waals surface area (Å²) in [6.07, 6.45) is -3.84. The molecule has 2 aromatic rings. The number of nitrogens with zero attached hydrogens (tertiary/aromatic N) is 2. The van der Waals surface area contributed by atoms with Crippen LogP contribution in [0.15, 0.2) is 47.6 Å². The molecule has 1 aliphatic heterocycles. The van der Waals surface area contributed by atoms with Crippen LogP contribution < -0.4 is 10.3 Å². The van der Waals surface area contributed by atoms with Crippen LogP contribution in [0.25, 0.3) is 0 Å². The van der Waals surface area contributed by atoms with Crippen molar-refractivity contribution < 1.29 is 22.7 Å². The van der Waals surface area contributed by atoms with E-state index in [4.69, 9.17) is 16.3 Å². The van der Waals surface area contributed by atoms with E-state index >= 15 is 0 Å². The van der Waals surface area contributed by atoms with Gasteiger partial charge in [-0.2, -0.15) is 13.2 Å². The number of benzene rings is 2. The third-order valence-corrected chi connectivity index (χ3v) is 4.80. The standard InChI is InChI=1S/C20H19ClF3N3O2/c1-3-29-19(28)18(27-12(2)10-13-6-4-5-7-17(13)27)26-25-16-11-14(20(22,23)24)8-9-15(16)21/h4-9,11-12,25H,3,10H2,1-2H3/b26-18+/t12-/m0/s1. The van der Waals surface area contributed by atoms with Gasteiger partial charge in [-0.05, 0) is 50.1 Å². The van der Waals surface area contributed by atoms with Gasteiger partial charge < -0.3 is 9.64 Å². The maximum atomic E-state index is 13.0. The summed E-state index contributed by atoms with van der Waals surface area (Å²) in [7, 11) is 0. The van der Waals surface area contributed by atoms with Gasteiger partial charge in [0.2, 0.25) is 5.84 Å². The first-order chi connectivity index (χ1) is 13.7. The molecule has 0 fully saturated rings. The summed E-state index contributed by atoms with van der Waals surface area (Å²) in [6.45, 7) is 3.71. The van der Waals surface area contributed by atoms with Crippen molar-refractivity contribution in [2.24, 2.45) is 5.10 Å². The van der Waals surface area contributed by atoms with E-state index in [2.05, 4.69) is 10.5 Å². The first-order valence-electron chi connectivity index (χ1n) is 8.97. The zero-order valence-electron chi connectivity index (χ0n) is 15.8. The Balaban J connectivity index is 1.99. The number of anilines is 2. The average molecular weight is 426 g/mol. The number of carbonyl (C=O) groups is 1. The molecule has 9 heteroatoms. The van der Waals surface area contributed by atoms with Gasteiger partial charge in [-0.1, -0.05) is 29.8 Å². The predicted molar refractivity (Wildman–Crippen MR) is 106 cm³/mol. The van der Waals surface area contributed by atoms with Crippen molar-refractivity contribution in [1.82, 2.24) is 0 Å². The van der Waals surface area contributed by atoms with Crippen molar-refractivity contribution in [3.63, 3.8) is 0 Å². The maximum absolute atomic E-state index is 13.0. The number of nitrogens with one attached hydrogen (secondary N) is 1. The lowest BCUT2D eigenvalue weighted by Gasteiger charge is -2.25. The lowest BCUT2D eigenvalue weighted by Crippen LogP contribution is -2.42. The lowest BCUT2D eigenvalue weighted by atomic mass is 10.1. The molecule has 0 aromatic heterocycles. The Morgan fingerprint density at radius 3 is 2.72 bits per heavy atom. The molecule has 0 spiro atoms. The Bertz CT molecular complexity index is 947. The molecule has 0 aliphatic carbocycles. The fraction of sp³-hybridized carbons (Fsp3) is 0.300. The molecular formula is C20H19ClF3N3O2. The molecule has 0 saturated heterocycles. The van der Waals surface area contributed by atoms with Gasteiger partial charge in [0.05, 0.1) is 22.9 Å². The highest BCUT2D eigenvalue weighted by Crippen LogP contribution is 2.35. The number of hydrogen-bond donors (Lipinski definition) is 1. The summed E-state index contributed by atoms with van der Waals surface area (Å²) in [4.78, 5) is 14.3. The van der Waals surface area contributed by atoms with Gasteiger partial charge >= 0.3 is 12.1 Å². The number of fused-ring (bicyclic) bond motifs is 1. The zero-order valence-corrected chi connectivity index (χ0v) is 16.5. The Labute approximate surface area is 171 Å². The molecule has 0 unspecified atom stereocenters. The van der Waals surface area contributed by atoms with Crippen molar-refractivity contribution in [2.75, 3.05) is 16.9 Å². The molecule has 5 nitrogen and oxygen atoms in total. The third kappa shape index (κ3) is 4.48. The summed E-state index contributed by atoms with van der Waals surface area (Å²) in [6, 6.07) is 10.3. The average Bonchev–Trinajstić information content (AvgIpc) is 2.98. The van der Waals surface area contributed by atoms with Crippen LogP contribution in [-0.4, -0.2) is 24.5 Å². The van der Waals surface area contributed by atoms with Crippen LogP contribution in [-0.2, 0) is 22.1 Å². The third-order valence-electron chi connectivity index (χ3n) is 4.47. The Kier molecular flexibility index (Phi) is 6.02. The number of hydrazone groups is 1. The van der Waals surface area contributed by atoms with Gasteiger partial charge in [0.15, 0.2) is 0 Å². The maximum Gasteiger partial charge on any atom is 0.416 e. The largest absolute Gasteiger partial charge is 0.460 e. The molecule has 1 aliphatic rings. The van der Waals surface area contributed by atoms with E-state index < -0.39 is 17.7 Å². The normalized spacial score (nSPS) is 16.6. The summed E-state index contributed by atoms with van der Waals surface area (Å²) in [5, 5.41) is 4.14. The van der Waals surface area contributed by atoms with Gasteiger partial charge in [0.25, 0.3) is 0 Å². The highest BCUT2D eigenvalue weighted by Gasteiger charge is 2.34. The smallest absolute Gasteiger partial charge is 0.416 e. The van der Waals surface area contributed by atoms with Crippen LogP contribution in [0.2, 0.25) is 5.02 Å². The first-order valence-corrected chi connectivity index (χ1v) is 9.35. The van der Waals surface area contributed by atoms with Gasteiger partial charge in [0, 0.05) is 11.7 Å². The van der Waals surface area contributed by atoms with Gasteiger partial charge in [-0.15, -0.1) is 5.10 Å². The van der Waals surface area contributed by atoms with E-state index in [0.29, 0.717) is 6.42 Å². The predicted octanol–water partition coefficient (Wildman–Crippen LogP) is 5.10. The number of halogens is 4. The second kappa shape index (κ2) is 8.32. The topological polar surface area (TPSA) is 53.9 Å². The second-order valence-electron chi connectivity index (χ2n) is 6.51. The number of ether oxygens (including phenoxy) is 1. The minimum atomic E-state index is -4.53. The van der Waals surface area contributed by atoms with E-state index in [9.17, 15) is 18.0 Å². The molecule has 29 heavy (non-hydrogen) atoms. The zero-order chi connectivity index (χ0) is 21.2. The van der Waals surface area contributed by atoms with Crippen LogP contribution in [0.5, 0.6) is 0 Å². The SMILES string of the molecule is CCOC(=O)/C(=N\Nc1cc(C(F)(F)F)ccc1Cl)N1c2ccccc2C[C@@H]1C. The number of rotatable bonds is 3. The van der Waals surface area contributed by atoms with Gasteiger partial charge in [-0.3, -0.25) is 5.43 Å². The molecule has 3 rings (SSSR count). The number of hydrogen-bond acceptors (Lipinski definition) is 4. The Morgan fingerprint density at radius 1 is 1.31 bits per heavy atom. The van der Waals surface area contributed by atoms with E-state index in [1.807, 2.05) is 31.2 Å². The molecule has 1 atom stereocenters. The summed E-state index contributed by atoms with van der Waals surface area (Å²) in [5.41, 5.74) is 3.39. The van der Waals surface area contributed by atoms with Crippen molar-refractivity contribution in [1.29, 1.82) is 0 Å². The Morgan fingerprint density at radius 2 is 2.03 bits per heavy atom. The summed E-state index contributed by atoms with van der Waals surface area (Å²) in [5.74, 6) is -0.746. The van der Waals surface area contributed by atoms with Crippen LogP contribution in [0.3, 0.4) is 0 Å². The van der Waals surface area contributed by atoms with E-state index in [0.717, 1.165) is 29.4 Å². The molecule has 1 N–H and O–H groups in total. The minimum absolute atomic E-state index is 0.0415. The van der Waals surface area contributed by atoms with Crippen LogP contribution in [0.4, 0.5) is 24.5 Å². The van der Waals surface area contributed by atoms with Crippen molar-refractivity contribution in [2.45, 2.75) is 32.5 Å². The molecule has 2 aromatic carbocycles. The summed E-state index contributed by atoms with van der Waals surface area (Å²) >= 11 is 6.01. The molecule has 0 bridgehead atoms. The highest BCUT2D eigenvalue weighted by molar-refractivity contribution is 6.41. The van der Waals surface area contributed by atoms with Crippen LogP contribution >= 0.6 is 11.6 Å². The molecule has 0 radical (unpaired) electrons. The fourth-order valence-corrected chi connectivity index (χ4v) is 3.34. The van der Waals surface area contributed by atoms with E-state index in [-0.39, 0.29) is 29.2 Å². The Hall–Kier alpha value is -2.74. The number of para-hydroxylation sites is 1. The molecule has 154 valence electrons. The number of alkyl halides is 3. The quantitative estimate of drug-likeness (QED) is 0.322. The molecule has 0 saturated carbocycles. The lowest BCUT2D eigenvalue weighted by molar-refractivity contribution is -0.137. The van der Waals surface area contributed by atoms with E-state index in [1.165, 1.54) is 0 Å². The monoisotopic (exact) mass is 425 g/mol. The number of esters is 1. The van der Waals surface area contributed by atoms with Crippen LogP contribution in [0.1, 0.15) is 25.0 Å². The van der Waals surface area contributed by atoms with Crippen molar-refractivity contribution >= 4 is 34.8 Å². The summed E-state index contributed by atoms with van der Waals surface area (Å²) < 4.78 is 44.1. The molecule has 0 amide bonds. The highest BCUT2D eigenvalue weighted by atomic mass is 35.5. The first kappa shape index (κ1) is 21.0. The number of amidine groups is 1. The molecular weight excluding hydrogens is 407 g/mol. The van der Waals surface area contributed by atoms with Crippen molar-refractivity contribution in [3.05, 3.63) is 58.6 Å². The van der Waals surface area contributed by atoms with Gasteiger partial charge in [-0.25, -0.2) is 4.79 Å².